The van der Waals surface area contributed by atoms with Crippen LogP contribution in [0.4, 0.5) is 0 Å². The van der Waals surface area contributed by atoms with Gasteiger partial charge in [-0.15, -0.1) is 0 Å². The van der Waals surface area contributed by atoms with Crippen LogP contribution < -0.4 is 0 Å². The molecule has 0 aromatic heterocycles. The summed E-state index contributed by atoms with van der Waals surface area (Å²) in [6.45, 7) is 8.62. The number of rotatable bonds is 4. The molecule has 1 saturated carbocycles. The first kappa shape index (κ1) is 14.3. The van der Waals surface area contributed by atoms with Crippen molar-refractivity contribution in [1.82, 2.24) is 0 Å². The van der Waals surface area contributed by atoms with Gasteiger partial charge in [-0.25, -0.2) is 0 Å². The predicted octanol–water partition coefficient (Wildman–Crippen LogP) is 4.78. The maximum Gasteiger partial charge on any atom is 0.0660 e. The average Bonchev–Trinajstić information content (AvgIpc) is 2.29. The smallest absolute Gasteiger partial charge is 0.0660 e. The van der Waals surface area contributed by atoms with Gasteiger partial charge in [-0.05, 0) is 33.1 Å². The molecule has 0 unspecified atom stereocenters. The van der Waals surface area contributed by atoms with Crippen molar-refractivity contribution in [3.63, 3.8) is 0 Å². The Morgan fingerprint density at radius 3 is 2.29 bits per heavy atom. The quantitative estimate of drug-likeness (QED) is 0.324. The minimum Gasteiger partial charge on any atom is -0.411 e. The Hall–Kier alpha value is -0.790. The van der Waals surface area contributed by atoms with E-state index in [0.717, 1.165) is 12.1 Å². The van der Waals surface area contributed by atoms with E-state index in [1.165, 1.54) is 37.7 Å². The maximum atomic E-state index is 9.35. The van der Waals surface area contributed by atoms with Crippen LogP contribution in [0, 0.1) is 11.3 Å². The lowest BCUT2D eigenvalue weighted by molar-refractivity contribution is 0.293. The second kappa shape index (κ2) is 6.23. The van der Waals surface area contributed by atoms with Crippen molar-refractivity contribution in [3.8, 4) is 0 Å². The minimum atomic E-state index is -0.0198. The third-order valence-corrected chi connectivity index (χ3v) is 3.81. The van der Waals surface area contributed by atoms with Crippen LogP contribution in [0.5, 0.6) is 0 Å². The van der Waals surface area contributed by atoms with Crippen LogP contribution in [-0.2, 0) is 0 Å². The van der Waals surface area contributed by atoms with Crippen molar-refractivity contribution < 1.29 is 5.21 Å². The van der Waals surface area contributed by atoms with Crippen molar-refractivity contribution >= 4 is 5.71 Å². The van der Waals surface area contributed by atoms with E-state index in [0.29, 0.717) is 5.92 Å². The molecule has 0 spiro atoms. The first-order valence-electron chi connectivity index (χ1n) is 6.83. The highest BCUT2D eigenvalue weighted by molar-refractivity contribution is 5.91. The highest BCUT2D eigenvalue weighted by atomic mass is 16.4. The maximum absolute atomic E-state index is 9.35. The van der Waals surface area contributed by atoms with Gasteiger partial charge in [0.05, 0.1) is 5.71 Å². The zero-order chi connectivity index (χ0) is 12.9. The average molecular weight is 237 g/mol. The Morgan fingerprint density at radius 1 is 1.24 bits per heavy atom. The zero-order valence-corrected chi connectivity index (χ0v) is 11.8. The zero-order valence-electron chi connectivity index (χ0n) is 11.8. The van der Waals surface area contributed by atoms with Gasteiger partial charge >= 0.3 is 0 Å². The van der Waals surface area contributed by atoms with Crippen LogP contribution in [0.3, 0.4) is 0 Å². The number of allylic oxidation sites excluding steroid dienone is 2. The Balaban J connectivity index is 2.74. The highest BCUT2D eigenvalue weighted by Crippen LogP contribution is 2.34. The molecule has 0 radical (unpaired) electrons. The largest absolute Gasteiger partial charge is 0.411 e. The van der Waals surface area contributed by atoms with E-state index in [-0.39, 0.29) is 5.41 Å². The summed E-state index contributed by atoms with van der Waals surface area (Å²) in [5, 5.41) is 13.0. The highest BCUT2D eigenvalue weighted by Gasteiger charge is 2.31. The fraction of sp³-hybridized carbons (Fsp3) is 0.800. The molecule has 0 amide bonds. The standard InChI is InChI=1S/C15H27NO/c1-12(2)10-11-15(3,4)14(16-17)13-8-6-5-7-9-13/h10,13,17H,5-9,11H2,1-4H3/b16-14+. The van der Waals surface area contributed by atoms with Gasteiger partial charge in [0.2, 0.25) is 0 Å². The fourth-order valence-electron chi connectivity index (χ4n) is 2.71. The Bertz CT molecular complexity index is 292. The van der Waals surface area contributed by atoms with E-state index < -0.39 is 0 Å². The fourth-order valence-corrected chi connectivity index (χ4v) is 2.71. The molecule has 0 atom stereocenters. The minimum absolute atomic E-state index is 0.0198. The van der Waals surface area contributed by atoms with Crippen LogP contribution >= 0.6 is 0 Å². The normalized spacial score (nSPS) is 19.2. The predicted molar refractivity (Wildman–Crippen MR) is 73.6 cm³/mol. The number of hydrogen-bond acceptors (Lipinski definition) is 2. The van der Waals surface area contributed by atoms with Gasteiger partial charge in [0, 0.05) is 11.3 Å². The molecule has 0 aromatic carbocycles. The molecular formula is C15H27NO. The molecule has 0 saturated heterocycles. The molecule has 2 nitrogen and oxygen atoms in total. The van der Waals surface area contributed by atoms with E-state index in [4.69, 9.17) is 0 Å². The molecular weight excluding hydrogens is 210 g/mol. The molecule has 1 aliphatic carbocycles. The number of nitrogens with zero attached hydrogens (tertiary/aromatic N) is 1. The van der Waals surface area contributed by atoms with Crippen LogP contribution in [0.1, 0.15) is 66.2 Å². The second-order valence-corrected chi connectivity index (χ2v) is 6.19. The molecule has 2 heteroatoms. The molecule has 17 heavy (non-hydrogen) atoms. The Kier molecular flexibility index (Phi) is 5.23. The first-order chi connectivity index (χ1) is 7.97. The number of oxime groups is 1. The summed E-state index contributed by atoms with van der Waals surface area (Å²) in [6.07, 6.45) is 9.49. The van der Waals surface area contributed by atoms with Crippen molar-refractivity contribution in [3.05, 3.63) is 11.6 Å². The molecule has 1 rings (SSSR count). The molecule has 0 aromatic rings. The van der Waals surface area contributed by atoms with Gasteiger partial charge in [-0.1, -0.05) is 49.9 Å². The van der Waals surface area contributed by atoms with Crippen molar-refractivity contribution in [2.75, 3.05) is 0 Å². The van der Waals surface area contributed by atoms with E-state index in [2.05, 4.69) is 38.9 Å². The van der Waals surface area contributed by atoms with Crippen molar-refractivity contribution in [2.45, 2.75) is 66.2 Å². The third kappa shape index (κ3) is 4.18. The van der Waals surface area contributed by atoms with E-state index in [1.54, 1.807) is 0 Å². The van der Waals surface area contributed by atoms with Crippen molar-refractivity contribution in [2.24, 2.45) is 16.5 Å². The van der Waals surface area contributed by atoms with Crippen LogP contribution in [0.25, 0.3) is 0 Å². The molecule has 1 fully saturated rings. The van der Waals surface area contributed by atoms with Gasteiger partial charge in [-0.2, -0.15) is 0 Å². The van der Waals surface area contributed by atoms with Gasteiger partial charge in [-0.3, -0.25) is 0 Å². The van der Waals surface area contributed by atoms with Crippen LogP contribution in [-0.4, -0.2) is 10.9 Å². The van der Waals surface area contributed by atoms with Gasteiger partial charge in [0.25, 0.3) is 0 Å². The molecule has 98 valence electrons. The second-order valence-electron chi connectivity index (χ2n) is 6.19. The molecule has 1 N–H and O–H groups in total. The molecule has 0 bridgehead atoms. The lowest BCUT2D eigenvalue weighted by Gasteiger charge is -2.32. The summed E-state index contributed by atoms with van der Waals surface area (Å²) in [5.74, 6) is 0.495. The van der Waals surface area contributed by atoms with Crippen LogP contribution in [0.2, 0.25) is 0 Å². The topological polar surface area (TPSA) is 32.6 Å². The SMILES string of the molecule is CC(C)=CCC(C)(C)/C(=N/O)C1CCCCC1. The van der Waals surface area contributed by atoms with Gasteiger partial charge in [0.15, 0.2) is 0 Å². The van der Waals surface area contributed by atoms with Gasteiger partial charge < -0.3 is 5.21 Å². The first-order valence-corrected chi connectivity index (χ1v) is 6.83. The summed E-state index contributed by atoms with van der Waals surface area (Å²) in [5.41, 5.74) is 2.32. The summed E-state index contributed by atoms with van der Waals surface area (Å²) in [6, 6.07) is 0. The lowest BCUT2D eigenvalue weighted by atomic mass is 9.73. The third-order valence-electron chi connectivity index (χ3n) is 3.81. The lowest BCUT2D eigenvalue weighted by Crippen LogP contribution is -2.32. The van der Waals surface area contributed by atoms with Crippen LogP contribution in [0.15, 0.2) is 16.8 Å². The van der Waals surface area contributed by atoms with Crippen molar-refractivity contribution in [1.29, 1.82) is 0 Å². The Labute approximate surface area is 106 Å². The number of hydrogen-bond donors (Lipinski definition) is 1. The molecule has 1 aliphatic rings. The summed E-state index contributed by atoms with van der Waals surface area (Å²) >= 11 is 0. The van der Waals surface area contributed by atoms with Gasteiger partial charge in [0.1, 0.15) is 0 Å². The Morgan fingerprint density at radius 2 is 1.82 bits per heavy atom. The van der Waals surface area contributed by atoms with E-state index >= 15 is 0 Å². The molecule has 0 heterocycles. The monoisotopic (exact) mass is 237 g/mol. The molecule has 0 aliphatic heterocycles. The summed E-state index contributed by atoms with van der Waals surface area (Å²) in [7, 11) is 0. The summed E-state index contributed by atoms with van der Waals surface area (Å²) < 4.78 is 0. The van der Waals surface area contributed by atoms with E-state index in [9.17, 15) is 5.21 Å². The summed E-state index contributed by atoms with van der Waals surface area (Å²) in [4.78, 5) is 0. The van der Waals surface area contributed by atoms with E-state index in [1.807, 2.05) is 0 Å².